The van der Waals surface area contributed by atoms with Crippen molar-refractivity contribution in [3.8, 4) is 11.8 Å². The lowest BCUT2D eigenvalue weighted by Crippen LogP contribution is -2.03. The van der Waals surface area contributed by atoms with Gasteiger partial charge < -0.3 is 4.57 Å². The van der Waals surface area contributed by atoms with Crippen molar-refractivity contribution in [2.24, 2.45) is 0 Å². The molecule has 1 aromatic heterocycles. The van der Waals surface area contributed by atoms with E-state index in [-0.39, 0.29) is 0 Å². The third-order valence-corrected chi connectivity index (χ3v) is 2.59. The van der Waals surface area contributed by atoms with Crippen molar-refractivity contribution in [2.45, 2.75) is 13.1 Å². The first-order valence-corrected chi connectivity index (χ1v) is 5.18. The van der Waals surface area contributed by atoms with E-state index in [0.717, 1.165) is 12.3 Å². The van der Waals surface area contributed by atoms with Crippen LogP contribution >= 0.6 is 0 Å². The van der Waals surface area contributed by atoms with Crippen molar-refractivity contribution in [1.82, 2.24) is 4.57 Å². The Bertz CT molecular complexity index is 618. The first kappa shape index (κ1) is 12.2. The van der Waals surface area contributed by atoms with Gasteiger partial charge in [0.1, 0.15) is 0 Å². The average Bonchev–Trinajstić information content (AvgIpc) is 2.71. The van der Waals surface area contributed by atoms with Gasteiger partial charge in [-0.3, -0.25) is 0 Å². The second-order valence-electron chi connectivity index (χ2n) is 3.90. The van der Waals surface area contributed by atoms with E-state index >= 15 is 0 Å². The lowest BCUT2D eigenvalue weighted by atomic mass is 10.2. The molecule has 0 aliphatic rings. The Morgan fingerprint density at radius 3 is 2.50 bits per heavy atom. The molecular formula is C13H9F3N2. The zero-order valence-electron chi connectivity index (χ0n) is 9.49. The summed E-state index contributed by atoms with van der Waals surface area (Å²) < 4.78 is 39.2. The van der Waals surface area contributed by atoms with E-state index in [1.807, 2.05) is 6.07 Å². The van der Waals surface area contributed by atoms with Crippen LogP contribution in [0.15, 0.2) is 36.5 Å². The zero-order valence-corrected chi connectivity index (χ0v) is 9.49. The Morgan fingerprint density at radius 2 is 1.94 bits per heavy atom. The standard InChI is InChI=1S/C13H9F3N2/c1-9-5-11(13(14,15)16)8-18(9)12-4-2-3-10(6-12)7-17/h2-6,8H,1H3. The molecule has 5 heteroatoms. The van der Waals surface area contributed by atoms with Gasteiger partial charge in [0.2, 0.25) is 0 Å². The Morgan fingerprint density at radius 1 is 1.22 bits per heavy atom. The van der Waals surface area contributed by atoms with Crippen LogP contribution in [0.2, 0.25) is 0 Å². The number of alkyl halides is 3. The van der Waals surface area contributed by atoms with E-state index in [0.29, 0.717) is 16.9 Å². The lowest BCUT2D eigenvalue weighted by Gasteiger charge is -2.06. The quantitative estimate of drug-likeness (QED) is 0.759. The van der Waals surface area contributed by atoms with Crippen molar-refractivity contribution in [3.63, 3.8) is 0 Å². The topological polar surface area (TPSA) is 28.7 Å². The smallest absolute Gasteiger partial charge is 0.321 e. The summed E-state index contributed by atoms with van der Waals surface area (Å²) in [5, 5.41) is 8.77. The van der Waals surface area contributed by atoms with Gasteiger partial charge in [-0.05, 0) is 31.2 Å². The van der Waals surface area contributed by atoms with E-state index in [1.54, 1.807) is 31.2 Å². The fourth-order valence-electron chi connectivity index (χ4n) is 1.73. The Balaban J connectivity index is 2.52. The van der Waals surface area contributed by atoms with Crippen molar-refractivity contribution >= 4 is 0 Å². The molecule has 2 rings (SSSR count). The number of halogens is 3. The maximum absolute atomic E-state index is 12.6. The third-order valence-electron chi connectivity index (χ3n) is 2.59. The fourth-order valence-corrected chi connectivity index (χ4v) is 1.73. The van der Waals surface area contributed by atoms with E-state index in [2.05, 4.69) is 0 Å². The molecule has 2 aromatic rings. The van der Waals surface area contributed by atoms with E-state index in [9.17, 15) is 13.2 Å². The molecular weight excluding hydrogens is 241 g/mol. The zero-order chi connectivity index (χ0) is 13.3. The summed E-state index contributed by atoms with van der Waals surface area (Å²) in [5.74, 6) is 0. The molecule has 0 saturated heterocycles. The van der Waals surface area contributed by atoms with Crippen LogP contribution in [0.3, 0.4) is 0 Å². The van der Waals surface area contributed by atoms with Gasteiger partial charge in [-0.15, -0.1) is 0 Å². The van der Waals surface area contributed by atoms with Crippen LogP contribution in [-0.2, 0) is 6.18 Å². The summed E-state index contributed by atoms with van der Waals surface area (Å²) in [7, 11) is 0. The van der Waals surface area contributed by atoms with Crippen LogP contribution in [0.1, 0.15) is 16.8 Å². The van der Waals surface area contributed by atoms with E-state index < -0.39 is 11.7 Å². The van der Waals surface area contributed by atoms with Gasteiger partial charge in [0.15, 0.2) is 0 Å². The molecule has 0 N–H and O–H groups in total. The molecule has 0 bridgehead atoms. The molecule has 1 heterocycles. The van der Waals surface area contributed by atoms with Crippen molar-refractivity contribution in [1.29, 1.82) is 5.26 Å². The van der Waals surface area contributed by atoms with Gasteiger partial charge in [0.25, 0.3) is 0 Å². The molecule has 2 nitrogen and oxygen atoms in total. The summed E-state index contributed by atoms with van der Waals surface area (Å²) in [6.45, 7) is 1.59. The highest BCUT2D eigenvalue weighted by atomic mass is 19.4. The molecule has 0 unspecified atom stereocenters. The third kappa shape index (κ3) is 2.23. The SMILES string of the molecule is Cc1cc(C(F)(F)F)cn1-c1cccc(C#N)c1. The number of aryl methyl sites for hydroxylation is 1. The minimum atomic E-state index is -4.36. The van der Waals surface area contributed by atoms with Crippen molar-refractivity contribution in [2.75, 3.05) is 0 Å². The first-order chi connectivity index (χ1) is 8.41. The molecule has 92 valence electrons. The summed E-state index contributed by atoms with van der Waals surface area (Å²) in [5.41, 5.74) is 0.732. The summed E-state index contributed by atoms with van der Waals surface area (Å²) in [6, 6.07) is 9.49. The molecule has 0 spiro atoms. The molecule has 0 fully saturated rings. The predicted molar refractivity (Wildman–Crippen MR) is 60.2 cm³/mol. The molecule has 0 saturated carbocycles. The second kappa shape index (κ2) is 4.22. The maximum Gasteiger partial charge on any atom is 0.417 e. The van der Waals surface area contributed by atoms with E-state index in [1.165, 1.54) is 4.57 Å². The van der Waals surface area contributed by atoms with Gasteiger partial charge >= 0.3 is 6.18 Å². The normalized spacial score (nSPS) is 11.3. The largest absolute Gasteiger partial charge is 0.417 e. The summed E-state index contributed by atoms with van der Waals surface area (Å²) in [4.78, 5) is 0. The molecule has 1 aromatic carbocycles. The van der Waals surface area contributed by atoms with Gasteiger partial charge in [-0.1, -0.05) is 6.07 Å². The molecule has 0 atom stereocenters. The number of nitriles is 1. The van der Waals surface area contributed by atoms with Crippen LogP contribution in [-0.4, -0.2) is 4.57 Å². The Hall–Kier alpha value is -2.22. The first-order valence-electron chi connectivity index (χ1n) is 5.18. The highest BCUT2D eigenvalue weighted by Crippen LogP contribution is 2.31. The highest BCUT2D eigenvalue weighted by molar-refractivity contribution is 5.43. The number of hydrogen-bond acceptors (Lipinski definition) is 1. The number of hydrogen-bond donors (Lipinski definition) is 0. The van der Waals surface area contributed by atoms with Gasteiger partial charge in [-0.2, -0.15) is 18.4 Å². The van der Waals surface area contributed by atoms with Crippen LogP contribution < -0.4 is 0 Å². The predicted octanol–water partition coefficient (Wildman–Crippen LogP) is 3.68. The van der Waals surface area contributed by atoms with Gasteiger partial charge in [0.05, 0.1) is 17.2 Å². The number of rotatable bonds is 1. The Labute approximate surface area is 102 Å². The van der Waals surface area contributed by atoms with Gasteiger partial charge in [-0.25, -0.2) is 0 Å². The van der Waals surface area contributed by atoms with Gasteiger partial charge in [0, 0.05) is 17.6 Å². The minimum Gasteiger partial charge on any atom is -0.321 e. The van der Waals surface area contributed by atoms with Crippen molar-refractivity contribution in [3.05, 3.63) is 53.3 Å². The van der Waals surface area contributed by atoms with Crippen LogP contribution in [0, 0.1) is 18.3 Å². The number of aromatic nitrogens is 1. The average molecular weight is 250 g/mol. The number of benzene rings is 1. The lowest BCUT2D eigenvalue weighted by molar-refractivity contribution is -0.137. The van der Waals surface area contributed by atoms with Crippen LogP contribution in [0.5, 0.6) is 0 Å². The molecule has 0 amide bonds. The molecule has 18 heavy (non-hydrogen) atoms. The summed E-state index contributed by atoms with van der Waals surface area (Å²) in [6.07, 6.45) is -3.32. The Kier molecular flexibility index (Phi) is 2.87. The van der Waals surface area contributed by atoms with Crippen LogP contribution in [0.4, 0.5) is 13.2 Å². The van der Waals surface area contributed by atoms with Crippen molar-refractivity contribution < 1.29 is 13.2 Å². The fraction of sp³-hybridized carbons (Fsp3) is 0.154. The second-order valence-corrected chi connectivity index (χ2v) is 3.90. The van der Waals surface area contributed by atoms with E-state index in [4.69, 9.17) is 5.26 Å². The summed E-state index contributed by atoms with van der Waals surface area (Å²) >= 11 is 0. The molecule has 0 aliphatic carbocycles. The minimum absolute atomic E-state index is 0.411. The van der Waals surface area contributed by atoms with Crippen LogP contribution in [0.25, 0.3) is 5.69 Å². The monoisotopic (exact) mass is 250 g/mol. The highest BCUT2D eigenvalue weighted by Gasteiger charge is 2.32. The number of nitrogens with zero attached hydrogens (tertiary/aromatic N) is 2. The maximum atomic E-state index is 12.6. The molecule has 0 aliphatic heterocycles. The molecule has 0 radical (unpaired) electrons.